The van der Waals surface area contributed by atoms with Crippen LogP contribution in [0.15, 0.2) is 29.4 Å². The number of rotatable bonds is 2. The van der Waals surface area contributed by atoms with Crippen molar-refractivity contribution in [3.8, 4) is 0 Å². The molecule has 0 aromatic heterocycles. The molecule has 0 saturated carbocycles. The maximum Gasteiger partial charge on any atom is 0.239 e. The minimum absolute atomic E-state index is 0.221. The fourth-order valence-electron chi connectivity index (χ4n) is 0.812. The lowest BCUT2D eigenvalue weighted by Gasteiger charge is -1.96. The third-order valence-electron chi connectivity index (χ3n) is 1.37. The second-order valence-electron chi connectivity index (χ2n) is 2.17. The second-order valence-corrected chi connectivity index (χ2v) is 2.17. The summed E-state index contributed by atoms with van der Waals surface area (Å²) in [6, 6.07) is 3.49. The maximum absolute atomic E-state index is 12.8. The van der Waals surface area contributed by atoms with Gasteiger partial charge in [0, 0.05) is 11.8 Å². The van der Waals surface area contributed by atoms with Crippen molar-refractivity contribution in [1.29, 1.82) is 0 Å². The fourth-order valence-corrected chi connectivity index (χ4v) is 0.812. The summed E-state index contributed by atoms with van der Waals surface area (Å²) in [4.78, 5) is 12.7. The van der Waals surface area contributed by atoms with E-state index in [0.29, 0.717) is 0 Å². The van der Waals surface area contributed by atoms with Crippen molar-refractivity contribution in [2.75, 3.05) is 0 Å². The van der Waals surface area contributed by atoms with Crippen LogP contribution in [0, 0.1) is 11.6 Å². The minimum Gasteiger partial charge on any atom is -0.211 e. The van der Waals surface area contributed by atoms with Gasteiger partial charge < -0.3 is 0 Å². The van der Waals surface area contributed by atoms with Crippen LogP contribution < -0.4 is 0 Å². The van der Waals surface area contributed by atoms with Gasteiger partial charge in [-0.1, -0.05) is 6.07 Å². The SMILES string of the molecule is O=C=N/C=C/c1c(F)cccc1F. The summed E-state index contributed by atoms with van der Waals surface area (Å²) in [5.41, 5.74) is -0.221. The van der Waals surface area contributed by atoms with Gasteiger partial charge in [-0.3, -0.25) is 0 Å². The van der Waals surface area contributed by atoms with Gasteiger partial charge in [-0.2, -0.15) is 4.99 Å². The number of hydrogen-bond donors (Lipinski definition) is 0. The number of aliphatic imine (C=N–C) groups is 1. The van der Waals surface area contributed by atoms with Crippen LogP contribution in [0.2, 0.25) is 0 Å². The van der Waals surface area contributed by atoms with E-state index in [1.54, 1.807) is 0 Å². The van der Waals surface area contributed by atoms with Gasteiger partial charge in [0.15, 0.2) is 0 Å². The average molecular weight is 181 g/mol. The summed E-state index contributed by atoms with van der Waals surface area (Å²) in [7, 11) is 0. The van der Waals surface area contributed by atoms with Crippen LogP contribution in [0.25, 0.3) is 6.08 Å². The Kier molecular flexibility index (Phi) is 3.06. The molecule has 0 fully saturated rings. The van der Waals surface area contributed by atoms with Crippen molar-refractivity contribution in [2.45, 2.75) is 0 Å². The van der Waals surface area contributed by atoms with E-state index in [1.165, 1.54) is 12.1 Å². The first-order chi connectivity index (χ1) is 6.25. The molecular weight excluding hydrogens is 176 g/mol. The Labute approximate surface area is 73.2 Å². The monoisotopic (exact) mass is 181 g/mol. The van der Waals surface area contributed by atoms with E-state index in [0.717, 1.165) is 24.4 Å². The number of nitrogens with zero attached hydrogens (tertiary/aromatic N) is 1. The van der Waals surface area contributed by atoms with Gasteiger partial charge >= 0.3 is 0 Å². The zero-order valence-electron chi connectivity index (χ0n) is 6.50. The van der Waals surface area contributed by atoms with E-state index < -0.39 is 11.6 Å². The van der Waals surface area contributed by atoms with Gasteiger partial charge in [0.2, 0.25) is 6.08 Å². The molecule has 1 aromatic rings. The van der Waals surface area contributed by atoms with Crippen LogP contribution in [-0.4, -0.2) is 6.08 Å². The Morgan fingerprint density at radius 2 is 1.92 bits per heavy atom. The Morgan fingerprint density at radius 3 is 2.46 bits per heavy atom. The van der Waals surface area contributed by atoms with Gasteiger partial charge in [-0.25, -0.2) is 13.6 Å². The molecule has 0 aliphatic heterocycles. The number of isocyanates is 1. The minimum atomic E-state index is -0.697. The average Bonchev–Trinajstić information content (AvgIpc) is 2.10. The van der Waals surface area contributed by atoms with Crippen molar-refractivity contribution in [3.63, 3.8) is 0 Å². The predicted molar refractivity (Wildman–Crippen MR) is 43.5 cm³/mol. The quantitative estimate of drug-likeness (QED) is 0.508. The standard InChI is InChI=1S/C9H5F2NO/c10-8-2-1-3-9(11)7(8)4-5-12-6-13/h1-5H/b5-4+. The van der Waals surface area contributed by atoms with Crippen LogP contribution >= 0.6 is 0 Å². The summed E-state index contributed by atoms with van der Waals surface area (Å²) >= 11 is 0. The molecule has 13 heavy (non-hydrogen) atoms. The van der Waals surface area contributed by atoms with Crippen molar-refractivity contribution >= 4 is 12.2 Å². The van der Waals surface area contributed by atoms with E-state index >= 15 is 0 Å². The van der Waals surface area contributed by atoms with Gasteiger partial charge in [-0.05, 0) is 18.2 Å². The molecule has 0 N–H and O–H groups in total. The lowest BCUT2D eigenvalue weighted by Crippen LogP contribution is -1.86. The molecule has 0 aliphatic rings. The van der Waals surface area contributed by atoms with Gasteiger partial charge in [-0.15, -0.1) is 0 Å². The summed E-state index contributed by atoms with van der Waals surface area (Å²) in [5, 5.41) is 0. The zero-order chi connectivity index (χ0) is 9.68. The molecule has 0 radical (unpaired) electrons. The molecule has 0 spiro atoms. The van der Waals surface area contributed by atoms with E-state index in [2.05, 4.69) is 4.99 Å². The van der Waals surface area contributed by atoms with Gasteiger partial charge in [0.05, 0.1) is 0 Å². The predicted octanol–water partition coefficient (Wildman–Crippen LogP) is 2.27. The van der Waals surface area contributed by atoms with Crippen molar-refractivity contribution in [3.05, 3.63) is 41.6 Å². The molecule has 4 heteroatoms. The van der Waals surface area contributed by atoms with E-state index in [4.69, 9.17) is 0 Å². The highest BCUT2D eigenvalue weighted by molar-refractivity contribution is 5.51. The smallest absolute Gasteiger partial charge is 0.211 e. The molecule has 1 aromatic carbocycles. The molecule has 0 bridgehead atoms. The molecule has 0 aliphatic carbocycles. The highest BCUT2D eigenvalue weighted by Gasteiger charge is 2.03. The normalized spacial score (nSPS) is 10.0. The summed E-state index contributed by atoms with van der Waals surface area (Å²) in [5.74, 6) is -1.39. The first kappa shape index (κ1) is 9.29. The van der Waals surface area contributed by atoms with Crippen LogP contribution in [0.1, 0.15) is 5.56 Å². The van der Waals surface area contributed by atoms with Gasteiger partial charge in [0.25, 0.3) is 0 Å². The molecule has 0 unspecified atom stereocenters. The molecular formula is C9H5F2NO. The van der Waals surface area contributed by atoms with Crippen molar-refractivity contribution < 1.29 is 13.6 Å². The molecule has 0 saturated heterocycles. The van der Waals surface area contributed by atoms with Gasteiger partial charge in [0.1, 0.15) is 11.6 Å². The van der Waals surface area contributed by atoms with Crippen molar-refractivity contribution in [2.24, 2.45) is 4.99 Å². The first-order valence-corrected chi connectivity index (χ1v) is 3.43. The third-order valence-corrected chi connectivity index (χ3v) is 1.37. The highest BCUT2D eigenvalue weighted by atomic mass is 19.1. The number of halogens is 2. The molecule has 1 rings (SSSR count). The lowest BCUT2D eigenvalue weighted by molar-refractivity contribution is 0.565. The van der Waals surface area contributed by atoms with E-state index in [9.17, 15) is 13.6 Å². The Hall–Kier alpha value is -1.80. The number of hydrogen-bond acceptors (Lipinski definition) is 2. The lowest BCUT2D eigenvalue weighted by atomic mass is 10.2. The first-order valence-electron chi connectivity index (χ1n) is 3.43. The summed E-state index contributed by atoms with van der Waals surface area (Å²) in [6.45, 7) is 0. The largest absolute Gasteiger partial charge is 0.239 e. The number of benzene rings is 1. The van der Waals surface area contributed by atoms with E-state index in [1.807, 2.05) is 0 Å². The molecule has 0 amide bonds. The Morgan fingerprint density at radius 1 is 1.31 bits per heavy atom. The highest BCUT2D eigenvalue weighted by Crippen LogP contribution is 2.13. The van der Waals surface area contributed by atoms with E-state index in [-0.39, 0.29) is 5.56 Å². The van der Waals surface area contributed by atoms with Crippen LogP contribution in [0.4, 0.5) is 8.78 Å². The van der Waals surface area contributed by atoms with Crippen LogP contribution in [0.5, 0.6) is 0 Å². The maximum atomic E-state index is 12.8. The van der Waals surface area contributed by atoms with Crippen LogP contribution in [-0.2, 0) is 4.79 Å². The number of carbonyl (C=O) groups excluding carboxylic acids is 1. The zero-order valence-corrected chi connectivity index (χ0v) is 6.50. The Bertz CT molecular complexity index is 361. The third kappa shape index (κ3) is 2.32. The van der Waals surface area contributed by atoms with Crippen LogP contribution in [0.3, 0.4) is 0 Å². The summed E-state index contributed by atoms with van der Waals surface area (Å²) in [6.07, 6.45) is 3.27. The fraction of sp³-hybridized carbons (Fsp3) is 0. The topological polar surface area (TPSA) is 29.4 Å². The summed E-state index contributed by atoms with van der Waals surface area (Å²) < 4.78 is 25.7. The van der Waals surface area contributed by atoms with Crippen molar-refractivity contribution in [1.82, 2.24) is 0 Å². The molecule has 2 nitrogen and oxygen atoms in total. The molecule has 0 atom stereocenters. The Balaban J connectivity index is 3.06. The molecule has 66 valence electrons. The molecule has 0 heterocycles. The second kappa shape index (κ2) is 4.28.